The van der Waals surface area contributed by atoms with Crippen LogP contribution in [0.4, 0.5) is 18.9 Å². The summed E-state index contributed by atoms with van der Waals surface area (Å²) in [4.78, 5) is 0. The zero-order valence-corrected chi connectivity index (χ0v) is 9.36. The molecule has 1 saturated carbocycles. The van der Waals surface area contributed by atoms with Crippen LogP contribution in [-0.4, -0.2) is 11.1 Å². The van der Waals surface area contributed by atoms with E-state index in [2.05, 4.69) is 0 Å². The highest BCUT2D eigenvalue weighted by molar-refractivity contribution is 6.25. The second-order valence-electron chi connectivity index (χ2n) is 4.41. The number of rotatable bonds is 1. The van der Waals surface area contributed by atoms with Gasteiger partial charge in [-0.15, -0.1) is 0 Å². The highest BCUT2D eigenvalue weighted by Crippen LogP contribution is 2.64. The molecule has 1 aromatic rings. The molecular weight excluding hydrogens is 239 g/mol. The lowest BCUT2D eigenvalue weighted by Gasteiger charge is -2.54. The second kappa shape index (κ2) is 3.06. The number of benzene rings is 1. The minimum atomic E-state index is -3.48. The van der Waals surface area contributed by atoms with Crippen molar-refractivity contribution in [1.29, 1.82) is 0 Å². The van der Waals surface area contributed by atoms with E-state index in [0.717, 1.165) is 0 Å². The molecule has 0 radical (unpaired) electrons. The van der Waals surface area contributed by atoms with Crippen LogP contribution in [0, 0.1) is 0 Å². The zero-order valence-electron chi connectivity index (χ0n) is 8.61. The van der Waals surface area contributed by atoms with Gasteiger partial charge in [0.1, 0.15) is 0 Å². The molecule has 0 spiro atoms. The lowest BCUT2D eigenvalue weighted by Crippen LogP contribution is -2.67. The average molecular weight is 250 g/mol. The first-order valence-corrected chi connectivity index (χ1v) is 5.20. The standard InChI is InChI=1S/C11H11ClF3N/c1-9(6-10(13,14)11(9,12)15)7-2-4-8(16)5-3-7/h2-5H,6,16H2,1H3. The summed E-state index contributed by atoms with van der Waals surface area (Å²) in [5.74, 6) is -3.48. The van der Waals surface area contributed by atoms with E-state index >= 15 is 0 Å². The van der Waals surface area contributed by atoms with Gasteiger partial charge in [0.15, 0.2) is 0 Å². The smallest absolute Gasteiger partial charge is 0.297 e. The first-order chi connectivity index (χ1) is 7.21. The Hall–Kier alpha value is -0.900. The Balaban J connectivity index is 2.39. The highest BCUT2D eigenvalue weighted by Gasteiger charge is 2.76. The number of anilines is 1. The molecule has 2 rings (SSSR count). The van der Waals surface area contributed by atoms with E-state index in [1.807, 2.05) is 0 Å². The van der Waals surface area contributed by atoms with Crippen LogP contribution in [0.2, 0.25) is 0 Å². The molecule has 1 aliphatic rings. The van der Waals surface area contributed by atoms with Crippen molar-refractivity contribution >= 4 is 17.3 Å². The largest absolute Gasteiger partial charge is 0.399 e. The normalized spacial score (nSPS) is 36.8. The van der Waals surface area contributed by atoms with Crippen LogP contribution in [0.3, 0.4) is 0 Å². The average Bonchev–Trinajstić information content (AvgIpc) is 2.17. The number of halogens is 4. The fourth-order valence-electron chi connectivity index (χ4n) is 2.10. The quantitative estimate of drug-likeness (QED) is 0.599. The van der Waals surface area contributed by atoms with Gasteiger partial charge in [-0.2, -0.15) is 0 Å². The number of alkyl halides is 4. The Morgan fingerprint density at radius 1 is 1.19 bits per heavy atom. The summed E-state index contributed by atoms with van der Waals surface area (Å²) in [6.07, 6.45) is -0.593. The fraction of sp³-hybridized carbons (Fsp3) is 0.455. The predicted octanol–water partition coefficient (Wildman–Crippen LogP) is 3.47. The van der Waals surface area contributed by atoms with E-state index in [1.165, 1.54) is 19.1 Å². The lowest BCUT2D eigenvalue weighted by atomic mass is 9.61. The molecule has 0 aliphatic heterocycles. The first-order valence-electron chi connectivity index (χ1n) is 4.82. The van der Waals surface area contributed by atoms with Crippen molar-refractivity contribution < 1.29 is 13.2 Å². The molecule has 16 heavy (non-hydrogen) atoms. The summed E-state index contributed by atoms with van der Waals surface area (Å²) in [6.45, 7) is 1.39. The third-order valence-electron chi connectivity index (χ3n) is 3.28. The molecule has 1 nitrogen and oxygen atoms in total. The maximum atomic E-state index is 13.8. The predicted molar refractivity (Wildman–Crippen MR) is 57.5 cm³/mol. The SMILES string of the molecule is CC1(c2ccc(N)cc2)CC(F)(F)C1(F)Cl. The molecule has 88 valence electrons. The maximum Gasteiger partial charge on any atom is 0.297 e. The zero-order chi connectivity index (χ0) is 12.2. The molecule has 5 heteroatoms. The summed E-state index contributed by atoms with van der Waals surface area (Å²) in [7, 11) is 0. The van der Waals surface area contributed by atoms with Crippen LogP contribution in [0.25, 0.3) is 0 Å². The molecule has 0 saturated heterocycles. The van der Waals surface area contributed by atoms with E-state index in [0.29, 0.717) is 11.3 Å². The molecule has 2 unspecified atom stereocenters. The Bertz CT molecular complexity index is 416. The molecule has 0 amide bonds. The van der Waals surface area contributed by atoms with Gasteiger partial charge in [0.2, 0.25) is 0 Å². The van der Waals surface area contributed by atoms with Crippen molar-refractivity contribution in [3.8, 4) is 0 Å². The van der Waals surface area contributed by atoms with Gasteiger partial charge in [0, 0.05) is 12.1 Å². The van der Waals surface area contributed by atoms with E-state index < -0.39 is 22.9 Å². The minimum Gasteiger partial charge on any atom is -0.399 e. The monoisotopic (exact) mass is 249 g/mol. The molecule has 0 bridgehead atoms. The summed E-state index contributed by atoms with van der Waals surface area (Å²) in [5.41, 5.74) is 5.04. The van der Waals surface area contributed by atoms with Gasteiger partial charge in [-0.1, -0.05) is 30.7 Å². The summed E-state index contributed by atoms with van der Waals surface area (Å²) >= 11 is 5.33. The number of hydrogen-bond acceptors (Lipinski definition) is 1. The third-order valence-corrected chi connectivity index (χ3v) is 3.97. The molecule has 1 aliphatic carbocycles. The van der Waals surface area contributed by atoms with Gasteiger partial charge in [-0.05, 0) is 17.7 Å². The van der Waals surface area contributed by atoms with Crippen molar-refractivity contribution in [2.24, 2.45) is 0 Å². The van der Waals surface area contributed by atoms with Crippen molar-refractivity contribution in [2.75, 3.05) is 5.73 Å². The Kier molecular flexibility index (Phi) is 2.22. The third kappa shape index (κ3) is 1.25. The molecule has 0 heterocycles. The van der Waals surface area contributed by atoms with Gasteiger partial charge in [0.25, 0.3) is 11.1 Å². The maximum absolute atomic E-state index is 13.8. The van der Waals surface area contributed by atoms with Gasteiger partial charge in [0.05, 0.1) is 5.41 Å². The lowest BCUT2D eigenvalue weighted by molar-refractivity contribution is -0.217. The van der Waals surface area contributed by atoms with Crippen molar-refractivity contribution in [3.05, 3.63) is 29.8 Å². The molecule has 2 N–H and O–H groups in total. The van der Waals surface area contributed by atoms with Crippen molar-refractivity contribution in [2.45, 2.75) is 29.8 Å². The van der Waals surface area contributed by atoms with Crippen molar-refractivity contribution in [3.63, 3.8) is 0 Å². The van der Waals surface area contributed by atoms with E-state index in [1.54, 1.807) is 12.1 Å². The molecule has 1 fully saturated rings. The van der Waals surface area contributed by atoms with Crippen LogP contribution < -0.4 is 5.73 Å². The van der Waals surface area contributed by atoms with Crippen LogP contribution in [0.5, 0.6) is 0 Å². The number of hydrogen-bond donors (Lipinski definition) is 1. The van der Waals surface area contributed by atoms with Gasteiger partial charge < -0.3 is 5.73 Å². The minimum absolute atomic E-state index is 0.435. The van der Waals surface area contributed by atoms with Crippen LogP contribution in [-0.2, 0) is 5.41 Å². The van der Waals surface area contributed by atoms with Gasteiger partial charge >= 0.3 is 0 Å². The van der Waals surface area contributed by atoms with E-state index in [9.17, 15) is 13.2 Å². The molecule has 1 aromatic carbocycles. The summed E-state index contributed by atoms with van der Waals surface area (Å²) < 4.78 is 39.9. The Morgan fingerprint density at radius 3 is 2.06 bits per heavy atom. The Morgan fingerprint density at radius 2 is 1.69 bits per heavy atom. The van der Waals surface area contributed by atoms with Gasteiger partial charge in [-0.3, -0.25) is 0 Å². The molecular formula is C11H11ClF3N. The summed E-state index contributed by atoms with van der Waals surface area (Å²) in [5, 5.41) is -3.03. The first kappa shape index (κ1) is 11.6. The topological polar surface area (TPSA) is 26.0 Å². The molecule has 2 atom stereocenters. The Labute approximate surface area is 96.4 Å². The van der Waals surface area contributed by atoms with Crippen LogP contribution in [0.1, 0.15) is 18.9 Å². The van der Waals surface area contributed by atoms with E-state index in [4.69, 9.17) is 17.3 Å². The van der Waals surface area contributed by atoms with Crippen LogP contribution in [0.15, 0.2) is 24.3 Å². The molecule has 0 aromatic heterocycles. The second-order valence-corrected chi connectivity index (χ2v) is 4.93. The number of nitrogens with two attached hydrogens (primary N) is 1. The fourth-order valence-corrected chi connectivity index (χ4v) is 2.34. The highest BCUT2D eigenvalue weighted by atomic mass is 35.5. The summed E-state index contributed by atoms with van der Waals surface area (Å²) in [6, 6.07) is 6.15. The van der Waals surface area contributed by atoms with E-state index in [-0.39, 0.29) is 0 Å². The van der Waals surface area contributed by atoms with Crippen molar-refractivity contribution in [1.82, 2.24) is 0 Å². The van der Waals surface area contributed by atoms with Crippen LogP contribution >= 0.6 is 11.6 Å². The van der Waals surface area contributed by atoms with Gasteiger partial charge in [-0.25, -0.2) is 13.2 Å². The number of nitrogen functional groups attached to an aromatic ring is 1.